The maximum atomic E-state index is 5.88. The smallest absolute Gasteiger partial charge is 0.322 e. The lowest BCUT2D eigenvalue weighted by molar-refractivity contribution is 0.325. The molecule has 1 saturated heterocycles. The van der Waals surface area contributed by atoms with Crippen LogP contribution in [0.25, 0.3) is 0 Å². The van der Waals surface area contributed by atoms with Crippen LogP contribution in [-0.4, -0.2) is 35.2 Å². The summed E-state index contributed by atoms with van der Waals surface area (Å²) in [6, 6.07) is 0.272. The van der Waals surface area contributed by atoms with Crippen LogP contribution in [-0.2, 0) is 0 Å². The molecule has 5 nitrogen and oxygen atoms in total. The standard InChI is InChI=1S/C12H19ClN4O/c1-12(2)5-4-7-17(8-6-12)10-14-9(13)15-11(16-10)18-3/h4-8H2,1-3H3. The second-order valence-electron chi connectivity index (χ2n) is 5.40. The van der Waals surface area contributed by atoms with E-state index in [-0.39, 0.29) is 11.3 Å². The van der Waals surface area contributed by atoms with Crippen molar-refractivity contribution < 1.29 is 4.74 Å². The van der Waals surface area contributed by atoms with Gasteiger partial charge in [0.25, 0.3) is 0 Å². The van der Waals surface area contributed by atoms with E-state index in [0.29, 0.717) is 11.4 Å². The number of aromatic nitrogens is 3. The van der Waals surface area contributed by atoms with Gasteiger partial charge in [-0.05, 0) is 36.3 Å². The molecule has 0 saturated carbocycles. The monoisotopic (exact) mass is 270 g/mol. The van der Waals surface area contributed by atoms with Gasteiger partial charge in [-0.15, -0.1) is 0 Å². The lowest BCUT2D eigenvalue weighted by atomic mass is 9.85. The number of hydrogen-bond donors (Lipinski definition) is 0. The SMILES string of the molecule is COc1nc(Cl)nc(N2CCCC(C)(C)CC2)n1. The fourth-order valence-electron chi connectivity index (χ4n) is 2.18. The molecule has 1 aliphatic rings. The normalized spacial score (nSPS) is 19.4. The average molecular weight is 271 g/mol. The molecule has 100 valence electrons. The minimum Gasteiger partial charge on any atom is -0.467 e. The maximum Gasteiger partial charge on any atom is 0.322 e. The molecule has 0 aromatic carbocycles. The Morgan fingerprint density at radius 1 is 1.17 bits per heavy atom. The van der Waals surface area contributed by atoms with Crippen molar-refractivity contribution in [3.8, 4) is 6.01 Å². The third-order valence-electron chi connectivity index (χ3n) is 3.38. The maximum absolute atomic E-state index is 5.88. The Labute approximate surface area is 113 Å². The molecular formula is C12H19ClN4O. The molecule has 0 bridgehead atoms. The number of hydrogen-bond acceptors (Lipinski definition) is 5. The van der Waals surface area contributed by atoms with Gasteiger partial charge in [-0.2, -0.15) is 15.0 Å². The second-order valence-corrected chi connectivity index (χ2v) is 5.73. The molecule has 0 N–H and O–H groups in total. The van der Waals surface area contributed by atoms with Crippen molar-refractivity contribution in [2.45, 2.75) is 33.1 Å². The van der Waals surface area contributed by atoms with Gasteiger partial charge in [0.15, 0.2) is 0 Å². The minimum atomic E-state index is 0.181. The zero-order valence-electron chi connectivity index (χ0n) is 11.1. The van der Waals surface area contributed by atoms with Gasteiger partial charge in [0.2, 0.25) is 11.2 Å². The summed E-state index contributed by atoms with van der Waals surface area (Å²) in [6.45, 7) is 6.50. The third-order valence-corrected chi connectivity index (χ3v) is 3.55. The van der Waals surface area contributed by atoms with E-state index in [4.69, 9.17) is 16.3 Å². The fourth-order valence-corrected chi connectivity index (χ4v) is 2.33. The zero-order chi connectivity index (χ0) is 13.2. The van der Waals surface area contributed by atoms with Crippen molar-refractivity contribution in [1.82, 2.24) is 15.0 Å². The minimum absolute atomic E-state index is 0.181. The summed E-state index contributed by atoms with van der Waals surface area (Å²) >= 11 is 5.88. The largest absolute Gasteiger partial charge is 0.467 e. The van der Waals surface area contributed by atoms with Crippen LogP contribution in [0, 0.1) is 5.41 Å². The highest BCUT2D eigenvalue weighted by molar-refractivity contribution is 6.28. The van der Waals surface area contributed by atoms with Crippen molar-refractivity contribution >= 4 is 17.5 Å². The molecule has 2 heterocycles. The van der Waals surface area contributed by atoms with Gasteiger partial charge >= 0.3 is 6.01 Å². The van der Waals surface area contributed by atoms with Gasteiger partial charge in [0.1, 0.15) is 0 Å². The first-order valence-electron chi connectivity index (χ1n) is 6.21. The van der Waals surface area contributed by atoms with Gasteiger partial charge in [-0.3, -0.25) is 0 Å². The number of halogens is 1. The highest BCUT2D eigenvalue weighted by Gasteiger charge is 2.24. The molecule has 0 atom stereocenters. The highest BCUT2D eigenvalue weighted by atomic mass is 35.5. The molecule has 6 heteroatoms. The first-order valence-corrected chi connectivity index (χ1v) is 6.58. The van der Waals surface area contributed by atoms with Crippen LogP contribution in [0.5, 0.6) is 6.01 Å². The Bertz CT molecular complexity index is 425. The molecule has 18 heavy (non-hydrogen) atoms. The van der Waals surface area contributed by atoms with Crippen LogP contribution in [0.2, 0.25) is 5.28 Å². The lowest BCUT2D eigenvalue weighted by Gasteiger charge is -2.23. The Morgan fingerprint density at radius 3 is 2.67 bits per heavy atom. The van der Waals surface area contributed by atoms with Gasteiger partial charge in [0, 0.05) is 13.1 Å². The number of methoxy groups -OCH3 is 1. The van der Waals surface area contributed by atoms with Crippen LogP contribution in [0.3, 0.4) is 0 Å². The van der Waals surface area contributed by atoms with E-state index in [1.807, 2.05) is 0 Å². The van der Waals surface area contributed by atoms with Crippen molar-refractivity contribution in [2.75, 3.05) is 25.1 Å². The molecule has 0 spiro atoms. The van der Waals surface area contributed by atoms with E-state index < -0.39 is 0 Å². The Balaban J connectivity index is 2.18. The summed E-state index contributed by atoms with van der Waals surface area (Å²) in [5.74, 6) is 0.615. The van der Waals surface area contributed by atoms with E-state index in [1.54, 1.807) is 0 Å². The topological polar surface area (TPSA) is 51.1 Å². The van der Waals surface area contributed by atoms with Gasteiger partial charge < -0.3 is 9.64 Å². The van der Waals surface area contributed by atoms with Gasteiger partial charge in [0.05, 0.1) is 7.11 Å². The Hall–Kier alpha value is -1.10. The van der Waals surface area contributed by atoms with E-state index >= 15 is 0 Å². The molecule has 0 aliphatic carbocycles. The molecule has 0 amide bonds. The van der Waals surface area contributed by atoms with Crippen LogP contribution in [0.4, 0.5) is 5.95 Å². The fraction of sp³-hybridized carbons (Fsp3) is 0.750. The average Bonchev–Trinajstić information content (AvgIpc) is 2.49. The van der Waals surface area contributed by atoms with E-state index in [0.717, 1.165) is 25.9 Å². The van der Waals surface area contributed by atoms with E-state index in [2.05, 4.69) is 33.7 Å². The molecular weight excluding hydrogens is 252 g/mol. The van der Waals surface area contributed by atoms with Crippen molar-refractivity contribution in [2.24, 2.45) is 5.41 Å². The summed E-state index contributed by atoms with van der Waals surface area (Å²) in [5, 5.41) is 0.181. The molecule has 0 unspecified atom stereocenters. The number of anilines is 1. The summed E-state index contributed by atoms with van der Waals surface area (Å²) in [4.78, 5) is 14.5. The summed E-state index contributed by atoms with van der Waals surface area (Å²) in [7, 11) is 1.53. The van der Waals surface area contributed by atoms with Crippen LogP contribution in [0.15, 0.2) is 0 Å². The van der Waals surface area contributed by atoms with Crippen LogP contribution >= 0.6 is 11.6 Å². The molecule has 1 aromatic heterocycles. The first kappa shape index (κ1) is 13.3. The van der Waals surface area contributed by atoms with Crippen molar-refractivity contribution in [3.05, 3.63) is 5.28 Å². The molecule has 0 radical (unpaired) electrons. The molecule has 1 aliphatic heterocycles. The zero-order valence-corrected chi connectivity index (χ0v) is 11.9. The lowest BCUT2D eigenvalue weighted by Crippen LogP contribution is -2.27. The number of rotatable bonds is 2. The molecule has 2 rings (SSSR count). The summed E-state index contributed by atoms with van der Waals surface area (Å²) in [6.07, 6.45) is 3.48. The van der Waals surface area contributed by atoms with Crippen LogP contribution < -0.4 is 9.64 Å². The first-order chi connectivity index (χ1) is 8.50. The van der Waals surface area contributed by atoms with Crippen molar-refractivity contribution in [3.63, 3.8) is 0 Å². The number of nitrogens with zero attached hydrogens (tertiary/aromatic N) is 4. The van der Waals surface area contributed by atoms with E-state index in [1.165, 1.54) is 13.5 Å². The molecule has 1 aromatic rings. The predicted octanol–water partition coefficient (Wildman–Crippen LogP) is 2.55. The summed E-state index contributed by atoms with van der Waals surface area (Å²) in [5.41, 5.74) is 0.385. The van der Waals surface area contributed by atoms with Crippen molar-refractivity contribution in [1.29, 1.82) is 0 Å². The Morgan fingerprint density at radius 2 is 1.94 bits per heavy atom. The Kier molecular flexibility index (Phi) is 3.90. The van der Waals surface area contributed by atoms with Gasteiger partial charge in [-0.25, -0.2) is 0 Å². The van der Waals surface area contributed by atoms with E-state index in [9.17, 15) is 0 Å². The van der Waals surface area contributed by atoms with Crippen LogP contribution in [0.1, 0.15) is 33.1 Å². The highest BCUT2D eigenvalue weighted by Crippen LogP contribution is 2.31. The van der Waals surface area contributed by atoms with Gasteiger partial charge in [-0.1, -0.05) is 13.8 Å². The quantitative estimate of drug-likeness (QED) is 0.827. The number of ether oxygens (including phenoxy) is 1. The third kappa shape index (κ3) is 3.22. The predicted molar refractivity (Wildman–Crippen MR) is 71.2 cm³/mol. The molecule has 1 fully saturated rings. The summed E-state index contributed by atoms with van der Waals surface area (Å²) < 4.78 is 5.03. The second kappa shape index (κ2) is 5.26.